The standard InChI is InChI=1S/2C8H16.2C6H5.2ClH.2Sn/c2*1-3-5-7-8-6-4-2;2*1-2-4-6-5-3-1;;;;/h2*1-8H2;2*1-5H;2*1H;;/q;;;;;;2*+1/p-2. The Morgan fingerprint density at radius 1 is 0.375 bits per heavy atom. The molecule has 1 aliphatic heterocycles. The molecule has 0 bridgehead atoms. The summed E-state index contributed by atoms with van der Waals surface area (Å²) in [7, 11) is 14.9. The van der Waals surface area contributed by atoms with Crippen LogP contribution in [0.4, 0.5) is 0 Å². The summed E-state index contributed by atoms with van der Waals surface area (Å²) < 4.78 is 8.32. The summed E-state index contributed by atoms with van der Waals surface area (Å²) in [6, 6.07) is 22.3. The van der Waals surface area contributed by atoms with Crippen molar-refractivity contribution in [2.45, 2.75) is 94.8 Å². The van der Waals surface area contributed by atoms with Crippen LogP contribution in [-0.2, 0) is 0 Å². The third-order valence-electron chi connectivity index (χ3n) is 7.37. The molecule has 1 heterocycles. The second kappa shape index (κ2) is 14.9. The van der Waals surface area contributed by atoms with Gasteiger partial charge in [-0.3, -0.25) is 0 Å². The van der Waals surface area contributed by atoms with Crippen LogP contribution in [0.25, 0.3) is 0 Å². The van der Waals surface area contributed by atoms with E-state index < -0.39 is 34.5 Å². The van der Waals surface area contributed by atoms with Gasteiger partial charge in [-0.05, 0) is 0 Å². The normalized spacial score (nSPS) is 27.8. The van der Waals surface area contributed by atoms with Crippen molar-refractivity contribution >= 4 is 59.5 Å². The van der Waals surface area contributed by atoms with E-state index in [1.807, 2.05) is 0 Å². The van der Waals surface area contributed by atoms with Crippen molar-refractivity contribution in [1.29, 1.82) is 0 Å². The van der Waals surface area contributed by atoms with Crippen LogP contribution in [0, 0.1) is 0 Å². The average Bonchev–Trinajstić information content (AvgIpc) is 2.83. The van der Waals surface area contributed by atoms with Gasteiger partial charge in [-0.1, -0.05) is 0 Å². The van der Waals surface area contributed by atoms with Crippen molar-refractivity contribution in [3.8, 4) is 0 Å². The van der Waals surface area contributed by atoms with E-state index in [1.165, 1.54) is 102 Å². The number of benzene rings is 2. The molecule has 1 fully saturated rings. The third kappa shape index (κ3) is 9.00. The summed E-state index contributed by atoms with van der Waals surface area (Å²) in [5, 5.41) is 0. The Hall–Kier alpha value is 0.617. The van der Waals surface area contributed by atoms with Gasteiger partial charge in [0.25, 0.3) is 0 Å². The fourth-order valence-corrected chi connectivity index (χ4v) is 29.1. The number of rotatable bonds is 2. The molecule has 0 N–H and O–H groups in total. The van der Waals surface area contributed by atoms with E-state index in [0.717, 1.165) is 0 Å². The van der Waals surface area contributed by atoms with Gasteiger partial charge in [0.05, 0.1) is 0 Å². The molecule has 1 aliphatic rings. The van der Waals surface area contributed by atoms with Gasteiger partial charge in [-0.15, -0.1) is 0 Å². The van der Waals surface area contributed by atoms with Crippen molar-refractivity contribution in [2.75, 3.05) is 0 Å². The van der Waals surface area contributed by atoms with Crippen LogP contribution in [0.2, 0.25) is 17.7 Å². The van der Waals surface area contributed by atoms with Crippen LogP contribution in [0.3, 0.4) is 0 Å². The molecule has 0 atom stereocenters. The molecule has 176 valence electrons. The van der Waals surface area contributed by atoms with Crippen LogP contribution in [-0.4, -0.2) is 34.5 Å². The second-order valence-electron chi connectivity index (χ2n) is 9.91. The van der Waals surface area contributed by atoms with Gasteiger partial charge in [-0.2, -0.15) is 0 Å². The zero-order valence-corrected chi connectivity index (χ0v) is 27.1. The van der Waals surface area contributed by atoms with Gasteiger partial charge in [0.15, 0.2) is 0 Å². The van der Waals surface area contributed by atoms with E-state index in [1.54, 1.807) is 0 Å². The number of hydrogen-bond acceptors (Lipinski definition) is 0. The van der Waals surface area contributed by atoms with Gasteiger partial charge in [0.2, 0.25) is 0 Å². The van der Waals surface area contributed by atoms with Crippen molar-refractivity contribution in [3.05, 3.63) is 60.7 Å². The first-order valence-electron chi connectivity index (χ1n) is 13.1. The molecule has 4 heteroatoms. The molecule has 0 spiro atoms. The summed E-state index contributed by atoms with van der Waals surface area (Å²) in [6.45, 7) is 0. The van der Waals surface area contributed by atoms with Gasteiger partial charge in [0, 0.05) is 0 Å². The zero-order chi connectivity index (χ0) is 22.5. The Labute approximate surface area is 213 Å². The first kappa shape index (κ1) is 27.2. The van der Waals surface area contributed by atoms with Crippen molar-refractivity contribution in [1.82, 2.24) is 0 Å². The predicted molar refractivity (Wildman–Crippen MR) is 150 cm³/mol. The molecule has 32 heavy (non-hydrogen) atoms. The molecule has 0 aromatic heterocycles. The fraction of sp³-hybridized carbons (Fsp3) is 0.571. The van der Waals surface area contributed by atoms with Gasteiger partial charge < -0.3 is 0 Å². The minimum atomic E-state index is -2.71. The van der Waals surface area contributed by atoms with Crippen LogP contribution in [0.5, 0.6) is 0 Å². The number of halogens is 2. The maximum absolute atomic E-state index is 7.47. The average molecular weight is 687 g/mol. The zero-order valence-electron chi connectivity index (χ0n) is 19.8. The van der Waals surface area contributed by atoms with Gasteiger partial charge in [0.1, 0.15) is 0 Å². The summed E-state index contributed by atoms with van der Waals surface area (Å²) in [4.78, 5) is 0. The molecule has 0 radical (unpaired) electrons. The first-order chi connectivity index (χ1) is 15.6. The van der Waals surface area contributed by atoms with Crippen LogP contribution < -0.4 is 7.16 Å². The van der Waals surface area contributed by atoms with E-state index in [2.05, 4.69) is 60.7 Å². The van der Waals surface area contributed by atoms with Crippen molar-refractivity contribution < 1.29 is 0 Å². The maximum atomic E-state index is 7.47. The molecular weight excluding hydrogens is 645 g/mol. The van der Waals surface area contributed by atoms with Gasteiger partial charge >= 0.3 is 215 Å². The first-order valence-corrected chi connectivity index (χ1v) is 31.3. The Bertz CT molecular complexity index is 665. The van der Waals surface area contributed by atoms with E-state index in [9.17, 15) is 0 Å². The van der Waals surface area contributed by atoms with E-state index in [0.29, 0.717) is 0 Å². The van der Waals surface area contributed by atoms with Crippen LogP contribution in [0.15, 0.2) is 60.7 Å². The summed E-state index contributed by atoms with van der Waals surface area (Å²) in [5.74, 6) is 0. The molecule has 0 unspecified atom stereocenters. The van der Waals surface area contributed by atoms with Crippen LogP contribution in [0.1, 0.15) is 77.0 Å². The molecule has 3 rings (SSSR count). The van der Waals surface area contributed by atoms with E-state index >= 15 is 0 Å². The Balaban J connectivity index is 1.56. The topological polar surface area (TPSA) is 0 Å². The molecule has 1 saturated heterocycles. The quantitative estimate of drug-likeness (QED) is 0.277. The van der Waals surface area contributed by atoms with E-state index in [-0.39, 0.29) is 0 Å². The monoisotopic (exact) mass is 688 g/mol. The minimum absolute atomic E-state index is 1.31. The fourth-order valence-electron chi connectivity index (χ4n) is 5.34. The summed E-state index contributed by atoms with van der Waals surface area (Å²) in [5.41, 5.74) is 0. The molecule has 2 aromatic rings. The third-order valence-corrected chi connectivity index (χ3v) is 36.3. The Morgan fingerprint density at radius 2 is 0.625 bits per heavy atom. The molecule has 2 aromatic carbocycles. The molecular formula is C28H42Cl2Sn2. The predicted octanol–water partition coefficient (Wildman–Crippen LogP) is 8.86. The van der Waals surface area contributed by atoms with E-state index in [4.69, 9.17) is 17.8 Å². The Kier molecular flexibility index (Phi) is 12.7. The summed E-state index contributed by atoms with van der Waals surface area (Å²) in [6.07, 6.45) is 16.2. The molecule has 0 nitrogen and oxygen atoms in total. The molecule has 0 aliphatic carbocycles. The Morgan fingerprint density at radius 3 is 0.906 bits per heavy atom. The van der Waals surface area contributed by atoms with Crippen LogP contribution >= 0.6 is 17.8 Å². The SMILES string of the molecule is [Cl][Sn]1([c]2ccccc2)[CH2]CCCCCC[CH2][Sn]([Cl])([c]2ccccc2)[CH2]CCCCCC[CH2]1. The van der Waals surface area contributed by atoms with Crippen molar-refractivity contribution in [3.63, 3.8) is 0 Å². The molecule has 0 saturated carbocycles. The summed E-state index contributed by atoms with van der Waals surface area (Å²) >= 11 is -5.42. The second-order valence-corrected chi connectivity index (χ2v) is 39.6. The number of hydrogen-bond donors (Lipinski definition) is 0. The van der Waals surface area contributed by atoms with Crippen molar-refractivity contribution in [2.24, 2.45) is 0 Å². The van der Waals surface area contributed by atoms with Gasteiger partial charge in [-0.25, -0.2) is 0 Å². The molecule has 0 amide bonds.